The molecular formula is C18H17S2+. The van der Waals surface area contributed by atoms with Gasteiger partial charge in [0.25, 0.3) is 0 Å². The van der Waals surface area contributed by atoms with Gasteiger partial charge in [0.05, 0.1) is 10.9 Å². The van der Waals surface area contributed by atoms with Crippen molar-refractivity contribution in [2.24, 2.45) is 0 Å². The van der Waals surface area contributed by atoms with Gasteiger partial charge in [0.2, 0.25) is 0 Å². The van der Waals surface area contributed by atoms with Crippen molar-refractivity contribution in [1.29, 1.82) is 0 Å². The van der Waals surface area contributed by atoms with Crippen molar-refractivity contribution in [2.75, 3.05) is 0 Å². The van der Waals surface area contributed by atoms with E-state index in [2.05, 4.69) is 91.0 Å². The maximum absolute atomic E-state index is 2.21. The van der Waals surface area contributed by atoms with Crippen molar-refractivity contribution >= 4 is 24.4 Å². The van der Waals surface area contributed by atoms with E-state index in [0.29, 0.717) is 0 Å². The van der Waals surface area contributed by atoms with Crippen LogP contribution in [-0.4, -0.2) is 0 Å². The molecule has 0 fully saturated rings. The van der Waals surface area contributed by atoms with Gasteiger partial charge in [0.15, 0.2) is 14.7 Å². The minimum absolute atomic E-state index is 0. The summed E-state index contributed by atoms with van der Waals surface area (Å²) in [6.07, 6.45) is 0. The highest BCUT2D eigenvalue weighted by Crippen LogP contribution is 2.30. The first-order valence-electron chi connectivity index (χ1n) is 6.34. The molecule has 0 aromatic heterocycles. The Bertz CT molecular complexity index is 527. The predicted molar refractivity (Wildman–Crippen MR) is 91.9 cm³/mol. The fraction of sp³-hybridized carbons (Fsp3) is 0. The molecular weight excluding hydrogens is 280 g/mol. The maximum Gasteiger partial charge on any atom is 0.166 e. The van der Waals surface area contributed by atoms with Gasteiger partial charge in [-0.1, -0.05) is 54.6 Å². The normalized spacial score (nSPS) is 10.1. The third kappa shape index (κ3) is 3.27. The minimum Gasteiger partial charge on any atom is -0.197 e. The summed E-state index contributed by atoms with van der Waals surface area (Å²) < 4.78 is 0. The molecule has 0 spiro atoms. The van der Waals surface area contributed by atoms with Gasteiger partial charge in [-0.2, -0.15) is 13.5 Å². The van der Waals surface area contributed by atoms with Gasteiger partial charge in [-0.3, -0.25) is 0 Å². The molecule has 0 saturated heterocycles. The van der Waals surface area contributed by atoms with E-state index in [9.17, 15) is 0 Å². The molecule has 0 amide bonds. The fourth-order valence-electron chi connectivity index (χ4n) is 2.08. The van der Waals surface area contributed by atoms with Crippen LogP contribution in [0.15, 0.2) is 106 Å². The lowest BCUT2D eigenvalue weighted by atomic mass is 10.4. The van der Waals surface area contributed by atoms with Crippen molar-refractivity contribution in [2.45, 2.75) is 14.7 Å². The van der Waals surface area contributed by atoms with E-state index in [4.69, 9.17) is 0 Å². The van der Waals surface area contributed by atoms with Crippen molar-refractivity contribution in [3.8, 4) is 0 Å². The molecule has 3 aromatic carbocycles. The first kappa shape index (κ1) is 14.8. The quantitative estimate of drug-likeness (QED) is 0.604. The topological polar surface area (TPSA) is 0 Å². The molecule has 3 rings (SSSR count). The minimum atomic E-state index is -0.0146. The Morgan fingerprint density at radius 2 is 0.650 bits per heavy atom. The monoisotopic (exact) mass is 297 g/mol. The molecule has 0 radical (unpaired) electrons. The van der Waals surface area contributed by atoms with Crippen LogP contribution in [0.2, 0.25) is 0 Å². The van der Waals surface area contributed by atoms with Gasteiger partial charge in [-0.05, 0) is 36.4 Å². The first-order valence-corrected chi connectivity index (χ1v) is 7.57. The zero-order valence-corrected chi connectivity index (χ0v) is 12.9. The third-order valence-corrected chi connectivity index (χ3v) is 5.17. The van der Waals surface area contributed by atoms with E-state index in [0.717, 1.165) is 0 Å². The maximum atomic E-state index is 2.21. The summed E-state index contributed by atoms with van der Waals surface area (Å²) in [7, 11) is -0.0146. The summed E-state index contributed by atoms with van der Waals surface area (Å²) in [5.74, 6) is 0. The fourth-order valence-corrected chi connectivity index (χ4v) is 4.18. The van der Waals surface area contributed by atoms with E-state index >= 15 is 0 Å². The average Bonchev–Trinajstić information content (AvgIpc) is 2.51. The summed E-state index contributed by atoms with van der Waals surface area (Å²) in [6, 6.07) is 32.2. The van der Waals surface area contributed by atoms with E-state index in [-0.39, 0.29) is 24.4 Å². The number of benzene rings is 3. The molecule has 0 saturated carbocycles. The molecule has 0 heterocycles. The van der Waals surface area contributed by atoms with Crippen molar-refractivity contribution in [3.63, 3.8) is 0 Å². The molecule has 0 aliphatic heterocycles. The summed E-state index contributed by atoms with van der Waals surface area (Å²) >= 11 is 0. The SMILES string of the molecule is S.c1ccc([S+](c2ccccc2)c2ccccc2)cc1. The Kier molecular flexibility index (Phi) is 5.33. The average molecular weight is 297 g/mol. The summed E-state index contributed by atoms with van der Waals surface area (Å²) in [5.41, 5.74) is 0. The molecule has 100 valence electrons. The Hall–Kier alpha value is -1.64. The predicted octanol–water partition coefficient (Wildman–Crippen LogP) is 4.89. The van der Waals surface area contributed by atoms with Crippen LogP contribution in [0, 0.1) is 0 Å². The smallest absolute Gasteiger partial charge is 0.166 e. The lowest BCUT2D eigenvalue weighted by molar-refractivity contribution is 1.32. The van der Waals surface area contributed by atoms with Gasteiger partial charge in [0.1, 0.15) is 0 Å². The van der Waals surface area contributed by atoms with E-state index in [1.54, 1.807) is 0 Å². The zero-order valence-electron chi connectivity index (χ0n) is 11.1. The molecule has 0 atom stereocenters. The highest BCUT2D eigenvalue weighted by Gasteiger charge is 2.27. The second kappa shape index (κ2) is 7.22. The number of hydrogen-bond donors (Lipinski definition) is 0. The Labute approximate surface area is 130 Å². The molecule has 0 aliphatic rings. The summed E-state index contributed by atoms with van der Waals surface area (Å²) in [6.45, 7) is 0. The van der Waals surface area contributed by atoms with E-state index in [1.165, 1.54) is 14.7 Å². The van der Waals surface area contributed by atoms with Gasteiger partial charge >= 0.3 is 0 Å². The second-order valence-electron chi connectivity index (χ2n) is 4.25. The highest BCUT2D eigenvalue weighted by atomic mass is 32.2. The van der Waals surface area contributed by atoms with Gasteiger partial charge in [-0.15, -0.1) is 0 Å². The number of rotatable bonds is 3. The zero-order chi connectivity index (χ0) is 12.9. The third-order valence-electron chi connectivity index (χ3n) is 2.94. The molecule has 3 aromatic rings. The standard InChI is InChI=1S/C18H15S.H2S/c1-4-10-16(11-5-1)19(17-12-6-2-7-13-17)18-14-8-3-9-15-18;/h1-15H;1H2/q+1;. The lowest BCUT2D eigenvalue weighted by Crippen LogP contribution is -2.04. The van der Waals surface area contributed by atoms with Crippen molar-refractivity contribution in [3.05, 3.63) is 91.0 Å². The lowest BCUT2D eigenvalue weighted by Gasteiger charge is -2.07. The molecule has 0 unspecified atom stereocenters. The summed E-state index contributed by atoms with van der Waals surface area (Å²) in [5, 5.41) is 0. The van der Waals surface area contributed by atoms with Crippen LogP contribution in [-0.2, 0) is 10.9 Å². The second-order valence-corrected chi connectivity index (χ2v) is 6.27. The molecule has 0 N–H and O–H groups in total. The van der Waals surface area contributed by atoms with Crippen LogP contribution < -0.4 is 0 Å². The summed E-state index contributed by atoms with van der Waals surface area (Å²) in [4.78, 5) is 4.08. The molecule has 20 heavy (non-hydrogen) atoms. The van der Waals surface area contributed by atoms with Crippen LogP contribution in [0.4, 0.5) is 0 Å². The Morgan fingerprint density at radius 1 is 0.400 bits per heavy atom. The van der Waals surface area contributed by atoms with Crippen LogP contribution >= 0.6 is 13.5 Å². The van der Waals surface area contributed by atoms with Crippen LogP contribution in [0.25, 0.3) is 0 Å². The highest BCUT2D eigenvalue weighted by molar-refractivity contribution is 7.97. The molecule has 2 heteroatoms. The number of hydrogen-bond acceptors (Lipinski definition) is 0. The van der Waals surface area contributed by atoms with Crippen molar-refractivity contribution < 1.29 is 0 Å². The van der Waals surface area contributed by atoms with E-state index in [1.807, 2.05) is 0 Å². The molecule has 0 aliphatic carbocycles. The molecule has 0 nitrogen and oxygen atoms in total. The van der Waals surface area contributed by atoms with Crippen LogP contribution in [0.5, 0.6) is 0 Å². The van der Waals surface area contributed by atoms with Gasteiger partial charge in [-0.25, -0.2) is 0 Å². The largest absolute Gasteiger partial charge is 0.197 e. The van der Waals surface area contributed by atoms with Gasteiger partial charge in [0, 0.05) is 0 Å². The van der Waals surface area contributed by atoms with Crippen molar-refractivity contribution in [1.82, 2.24) is 0 Å². The Balaban J connectivity index is 0.00000147. The first-order chi connectivity index (χ1) is 9.45. The Morgan fingerprint density at radius 3 is 0.900 bits per heavy atom. The van der Waals surface area contributed by atoms with E-state index < -0.39 is 0 Å². The van der Waals surface area contributed by atoms with Gasteiger partial charge < -0.3 is 0 Å². The van der Waals surface area contributed by atoms with Crippen LogP contribution in [0.1, 0.15) is 0 Å². The molecule has 0 bridgehead atoms. The van der Waals surface area contributed by atoms with Crippen LogP contribution in [0.3, 0.4) is 0 Å².